The maximum absolute atomic E-state index is 13.2. The van der Waals surface area contributed by atoms with E-state index >= 15 is 0 Å². The first kappa shape index (κ1) is 17.7. The van der Waals surface area contributed by atoms with Gasteiger partial charge in [-0.15, -0.1) is 0 Å². The Morgan fingerprint density at radius 2 is 1.77 bits per heavy atom. The molecule has 0 aliphatic heterocycles. The monoisotopic (exact) mass is 317 g/mol. The minimum absolute atomic E-state index is 0.0312. The minimum atomic E-state index is -1.43. The molecule has 8 heteroatoms. The predicted molar refractivity (Wildman–Crippen MR) is 72.5 cm³/mol. The van der Waals surface area contributed by atoms with Crippen LogP contribution in [0.2, 0.25) is 0 Å². The third-order valence-corrected chi connectivity index (χ3v) is 2.51. The molecule has 0 heterocycles. The number of ether oxygens (including phenoxy) is 1. The molecule has 22 heavy (non-hydrogen) atoms. The third kappa shape index (κ3) is 5.19. The van der Waals surface area contributed by atoms with Crippen molar-refractivity contribution in [2.45, 2.75) is 38.8 Å². The first-order chi connectivity index (χ1) is 9.99. The van der Waals surface area contributed by atoms with Crippen LogP contribution in [0.15, 0.2) is 12.1 Å². The van der Waals surface area contributed by atoms with E-state index in [0.717, 1.165) is 12.1 Å². The lowest BCUT2D eigenvalue weighted by atomic mass is 10.1. The normalized spacial score (nSPS) is 12.6. The molecule has 6 nitrogen and oxygen atoms in total. The van der Waals surface area contributed by atoms with Gasteiger partial charge in [0.1, 0.15) is 11.6 Å². The first-order valence-corrected chi connectivity index (χ1v) is 6.39. The predicted octanol–water partition coefficient (Wildman–Crippen LogP) is 2.19. The Hall–Kier alpha value is -2.38. The van der Waals surface area contributed by atoms with Gasteiger partial charge in [0.15, 0.2) is 17.4 Å². The van der Waals surface area contributed by atoms with E-state index in [1.807, 2.05) is 0 Å². The number of phenolic OH excluding ortho intramolecular Hbond substituents is 1. The topological polar surface area (TPSA) is 95.9 Å². The van der Waals surface area contributed by atoms with Crippen LogP contribution in [-0.2, 0) is 16.0 Å². The number of benzene rings is 1. The van der Waals surface area contributed by atoms with Crippen LogP contribution in [0.3, 0.4) is 0 Å². The van der Waals surface area contributed by atoms with E-state index in [9.17, 15) is 18.4 Å². The summed E-state index contributed by atoms with van der Waals surface area (Å²) in [5.41, 5.74) is -0.847. The lowest BCUT2D eigenvalue weighted by molar-refractivity contribution is -0.139. The molecule has 0 aliphatic rings. The van der Waals surface area contributed by atoms with Crippen LogP contribution in [0.1, 0.15) is 26.3 Å². The molecule has 0 radical (unpaired) electrons. The number of aromatic hydroxyl groups is 1. The molecule has 3 N–H and O–H groups in total. The highest BCUT2D eigenvalue weighted by molar-refractivity contribution is 5.80. The number of alkyl carbamates (subject to hydrolysis) is 1. The Labute approximate surface area is 125 Å². The van der Waals surface area contributed by atoms with Gasteiger partial charge in [-0.05, 0) is 38.5 Å². The standard InChI is InChI=1S/C14H17F2NO5/c1-14(2,3)22-13(21)17-10(12(19)20)6-7-4-8(15)11(18)9(16)5-7/h4-5,10,18H,6H2,1-3H3,(H,17,21)(H,19,20). The number of nitrogens with one attached hydrogen (secondary N) is 1. The molecule has 0 aliphatic carbocycles. The highest BCUT2D eigenvalue weighted by Crippen LogP contribution is 2.22. The summed E-state index contributed by atoms with van der Waals surface area (Å²) in [4.78, 5) is 22.7. The highest BCUT2D eigenvalue weighted by atomic mass is 19.1. The van der Waals surface area contributed by atoms with Gasteiger partial charge in [-0.3, -0.25) is 0 Å². The summed E-state index contributed by atoms with van der Waals surface area (Å²) < 4.78 is 31.4. The molecule has 0 spiro atoms. The number of carboxylic acid groups (broad SMARTS) is 1. The first-order valence-electron chi connectivity index (χ1n) is 6.39. The summed E-state index contributed by atoms with van der Waals surface area (Å²) in [6, 6.07) is 0.161. The molecule has 122 valence electrons. The van der Waals surface area contributed by atoms with Crippen molar-refractivity contribution in [1.82, 2.24) is 5.32 Å². The number of halogens is 2. The fourth-order valence-electron chi connectivity index (χ4n) is 1.62. The van der Waals surface area contributed by atoms with E-state index in [2.05, 4.69) is 5.32 Å². The SMILES string of the molecule is CC(C)(C)OC(=O)NC(Cc1cc(F)c(O)c(F)c1)C(=O)O. The van der Waals surface area contributed by atoms with Crippen LogP contribution in [-0.4, -0.2) is 33.9 Å². The summed E-state index contributed by atoms with van der Waals surface area (Å²) in [6.07, 6.45) is -1.33. The number of carboxylic acids is 1. The molecule has 0 saturated heterocycles. The summed E-state index contributed by atoms with van der Waals surface area (Å²) in [7, 11) is 0. The van der Waals surface area contributed by atoms with Crippen LogP contribution < -0.4 is 5.32 Å². The molecule has 1 rings (SSSR count). The molecule has 1 aromatic carbocycles. The van der Waals surface area contributed by atoms with Gasteiger partial charge in [-0.2, -0.15) is 0 Å². The Balaban J connectivity index is 2.85. The number of amides is 1. The molecule has 1 amide bonds. The largest absolute Gasteiger partial charge is 0.503 e. The Bertz CT molecular complexity index is 560. The van der Waals surface area contributed by atoms with E-state index in [0.29, 0.717) is 0 Å². The van der Waals surface area contributed by atoms with Gasteiger partial charge in [0.05, 0.1) is 0 Å². The van der Waals surface area contributed by atoms with Crippen molar-refractivity contribution in [1.29, 1.82) is 0 Å². The second kappa shape index (κ2) is 6.59. The summed E-state index contributed by atoms with van der Waals surface area (Å²) in [6.45, 7) is 4.81. The van der Waals surface area contributed by atoms with Gasteiger partial charge in [0.25, 0.3) is 0 Å². The van der Waals surface area contributed by atoms with E-state index in [-0.39, 0.29) is 12.0 Å². The summed E-state index contributed by atoms with van der Waals surface area (Å²) in [5, 5.41) is 20.2. The van der Waals surface area contributed by atoms with Gasteiger partial charge in [0.2, 0.25) is 0 Å². The fraction of sp³-hybridized carbons (Fsp3) is 0.429. The van der Waals surface area contributed by atoms with Crippen LogP contribution >= 0.6 is 0 Å². The maximum Gasteiger partial charge on any atom is 0.408 e. The molecule has 1 aromatic rings. The number of carbonyl (C=O) groups is 2. The lowest BCUT2D eigenvalue weighted by Crippen LogP contribution is -2.44. The number of hydrogen-bond donors (Lipinski definition) is 3. The Morgan fingerprint density at radius 1 is 1.27 bits per heavy atom. The molecular weight excluding hydrogens is 300 g/mol. The zero-order chi connectivity index (χ0) is 17.1. The molecule has 0 aromatic heterocycles. The van der Waals surface area contributed by atoms with Gasteiger partial charge in [0, 0.05) is 6.42 Å². The van der Waals surface area contributed by atoms with E-state index < -0.39 is 41.1 Å². The quantitative estimate of drug-likeness (QED) is 0.791. The number of hydrogen-bond acceptors (Lipinski definition) is 4. The van der Waals surface area contributed by atoms with E-state index in [4.69, 9.17) is 14.9 Å². The molecule has 1 unspecified atom stereocenters. The van der Waals surface area contributed by atoms with E-state index in [1.54, 1.807) is 20.8 Å². The van der Waals surface area contributed by atoms with Crippen LogP contribution in [0.4, 0.5) is 13.6 Å². The van der Waals surface area contributed by atoms with Gasteiger partial charge in [-0.25, -0.2) is 18.4 Å². The van der Waals surface area contributed by atoms with Crippen molar-refractivity contribution < 1.29 is 33.3 Å². The van der Waals surface area contributed by atoms with Crippen molar-refractivity contribution in [2.24, 2.45) is 0 Å². The van der Waals surface area contributed by atoms with Crippen molar-refractivity contribution in [3.8, 4) is 5.75 Å². The third-order valence-electron chi connectivity index (χ3n) is 2.51. The van der Waals surface area contributed by atoms with Crippen LogP contribution in [0, 0.1) is 11.6 Å². The average molecular weight is 317 g/mol. The van der Waals surface area contributed by atoms with Crippen LogP contribution in [0.5, 0.6) is 5.75 Å². The fourth-order valence-corrected chi connectivity index (χ4v) is 1.62. The zero-order valence-electron chi connectivity index (χ0n) is 12.3. The van der Waals surface area contributed by atoms with Crippen LogP contribution in [0.25, 0.3) is 0 Å². The average Bonchev–Trinajstić information content (AvgIpc) is 2.32. The second-order valence-electron chi connectivity index (χ2n) is 5.65. The number of rotatable bonds is 4. The van der Waals surface area contributed by atoms with Gasteiger partial charge >= 0.3 is 12.1 Å². The minimum Gasteiger partial charge on any atom is -0.503 e. The number of aliphatic carboxylic acids is 1. The highest BCUT2D eigenvalue weighted by Gasteiger charge is 2.25. The smallest absolute Gasteiger partial charge is 0.408 e. The number of phenols is 1. The Morgan fingerprint density at radius 3 is 2.18 bits per heavy atom. The van der Waals surface area contributed by atoms with Crippen molar-refractivity contribution in [2.75, 3.05) is 0 Å². The van der Waals surface area contributed by atoms with E-state index in [1.165, 1.54) is 0 Å². The second-order valence-corrected chi connectivity index (χ2v) is 5.65. The van der Waals surface area contributed by atoms with Crippen molar-refractivity contribution in [3.05, 3.63) is 29.3 Å². The van der Waals surface area contributed by atoms with Gasteiger partial charge in [-0.1, -0.05) is 0 Å². The number of carbonyl (C=O) groups excluding carboxylic acids is 1. The molecule has 0 fully saturated rings. The molecule has 0 saturated carbocycles. The molecular formula is C14H17F2NO5. The molecule has 1 atom stereocenters. The molecule has 0 bridgehead atoms. The lowest BCUT2D eigenvalue weighted by Gasteiger charge is -2.22. The summed E-state index contributed by atoms with van der Waals surface area (Å²) >= 11 is 0. The van der Waals surface area contributed by atoms with Crippen molar-refractivity contribution in [3.63, 3.8) is 0 Å². The Kier molecular flexibility index (Phi) is 5.29. The summed E-state index contributed by atoms with van der Waals surface area (Å²) in [5.74, 6) is -4.96. The zero-order valence-corrected chi connectivity index (χ0v) is 12.3. The maximum atomic E-state index is 13.2. The van der Waals surface area contributed by atoms with Gasteiger partial charge < -0.3 is 20.3 Å². The van der Waals surface area contributed by atoms with Crippen molar-refractivity contribution >= 4 is 12.1 Å².